The smallest absolute Gasteiger partial charge is 0.256 e. The molecule has 0 atom stereocenters. The van der Waals surface area contributed by atoms with Crippen molar-refractivity contribution in [3.63, 3.8) is 0 Å². The number of halogens is 1. The molecule has 0 spiro atoms. The van der Waals surface area contributed by atoms with E-state index in [-0.39, 0.29) is 29.1 Å². The van der Waals surface area contributed by atoms with Crippen molar-refractivity contribution in [1.29, 1.82) is 0 Å². The van der Waals surface area contributed by atoms with Crippen LogP contribution in [0, 0.1) is 0 Å². The van der Waals surface area contributed by atoms with Gasteiger partial charge in [0.1, 0.15) is 11.1 Å². The Balaban J connectivity index is 1.54. The molecule has 31 heavy (non-hydrogen) atoms. The lowest BCUT2D eigenvalue weighted by Crippen LogP contribution is -2.37. The number of pyridine rings is 1. The quantitative estimate of drug-likeness (QED) is 0.684. The molecule has 2 aromatic rings. The van der Waals surface area contributed by atoms with Crippen LogP contribution in [0.4, 0.5) is 0 Å². The molecule has 2 fully saturated rings. The van der Waals surface area contributed by atoms with Crippen LogP contribution >= 0.6 is 11.6 Å². The van der Waals surface area contributed by atoms with Gasteiger partial charge in [0.15, 0.2) is 0 Å². The average Bonchev–Trinajstić information content (AvgIpc) is 3.58. The zero-order chi connectivity index (χ0) is 21.8. The zero-order valence-corrected chi connectivity index (χ0v) is 18.3. The lowest BCUT2D eigenvalue weighted by atomic mass is 9.95. The van der Waals surface area contributed by atoms with Crippen LogP contribution in [0.15, 0.2) is 41.5 Å². The fourth-order valence-electron chi connectivity index (χ4n) is 4.11. The van der Waals surface area contributed by atoms with Crippen LogP contribution in [0.25, 0.3) is 0 Å². The summed E-state index contributed by atoms with van der Waals surface area (Å²) < 4.78 is 1.91. The van der Waals surface area contributed by atoms with E-state index in [1.807, 2.05) is 22.8 Å². The van der Waals surface area contributed by atoms with Gasteiger partial charge in [-0.1, -0.05) is 43.0 Å². The van der Waals surface area contributed by atoms with E-state index >= 15 is 0 Å². The van der Waals surface area contributed by atoms with E-state index in [0.717, 1.165) is 44.1 Å². The van der Waals surface area contributed by atoms with E-state index < -0.39 is 11.3 Å². The molecule has 0 bridgehead atoms. The monoisotopic (exact) mass is 441 g/mol. The molecule has 2 aliphatic carbocycles. The third-order valence-corrected chi connectivity index (χ3v) is 6.27. The van der Waals surface area contributed by atoms with Crippen molar-refractivity contribution in [2.45, 2.75) is 63.5 Å². The van der Waals surface area contributed by atoms with Crippen molar-refractivity contribution in [1.82, 2.24) is 15.2 Å². The molecule has 1 aromatic carbocycles. The Labute approximate surface area is 187 Å². The van der Waals surface area contributed by atoms with Gasteiger partial charge < -0.3 is 15.2 Å². The van der Waals surface area contributed by atoms with Crippen molar-refractivity contribution in [3.05, 3.63) is 68.6 Å². The van der Waals surface area contributed by atoms with Crippen LogP contribution in [0.2, 0.25) is 5.02 Å². The Bertz CT molecular complexity index is 1020. The highest BCUT2D eigenvalue weighted by atomic mass is 35.5. The summed E-state index contributed by atoms with van der Waals surface area (Å²) in [5.74, 6) is -0.830. The summed E-state index contributed by atoms with van der Waals surface area (Å²) in [7, 11) is 0. The van der Waals surface area contributed by atoms with Crippen LogP contribution < -0.4 is 16.1 Å². The number of benzene rings is 1. The summed E-state index contributed by atoms with van der Waals surface area (Å²) in [6.07, 6.45) is 11.1. The minimum atomic E-state index is -0.509. The minimum Gasteiger partial charge on any atom is -0.352 e. The van der Waals surface area contributed by atoms with Crippen LogP contribution in [0.5, 0.6) is 0 Å². The average molecular weight is 442 g/mol. The summed E-state index contributed by atoms with van der Waals surface area (Å²) in [5.41, 5.74) is 0.579. The Kier molecular flexibility index (Phi) is 6.76. The maximum Gasteiger partial charge on any atom is 0.256 e. The fraction of sp³-hybridized carbons (Fsp3) is 0.458. The second-order valence-electron chi connectivity index (χ2n) is 8.54. The zero-order valence-electron chi connectivity index (χ0n) is 17.5. The summed E-state index contributed by atoms with van der Waals surface area (Å²) in [5, 5.41) is 6.36. The van der Waals surface area contributed by atoms with Gasteiger partial charge in [0.25, 0.3) is 11.8 Å². The van der Waals surface area contributed by atoms with Gasteiger partial charge in [0, 0.05) is 36.0 Å². The highest BCUT2D eigenvalue weighted by Crippen LogP contribution is 2.28. The van der Waals surface area contributed by atoms with Crippen molar-refractivity contribution in [2.24, 2.45) is 0 Å². The predicted octanol–water partition coefficient (Wildman–Crippen LogP) is 3.87. The molecule has 0 saturated heterocycles. The molecule has 2 aliphatic rings. The van der Waals surface area contributed by atoms with Crippen LogP contribution in [-0.2, 0) is 6.42 Å². The van der Waals surface area contributed by atoms with Gasteiger partial charge in [-0.25, -0.2) is 0 Å². The lowest BCUT2D eigenvalue weighted by molar-refractivity contribution is 0.0948. The molecule has 164 valence electrons. The highest BCUT2D eigenvalue weighted by molar-refractivity contribution is 6.30. The largest absolute Gasteiger partial charge is 0.352 e. The normalized spacial score (nSPS) is 16.7. The molecule has 0 radical (unpaired) electrons. The van der Waals surface area contributed by atoms with Crippen molar-refractivity contribution >= 4 is 23.4 Å². The van der Waals surface area contributed by atoms with Gasteiger partial charge in [-0.2, -0.15) is 0 Å². The molecule has 2 amide bonds. The van der Waals surface area contributed by atoms with Crippen molar-refractivity contribution < 1.29 is 9.59 Å². The standard InChI is InChI=1S/C24H28ClN3O3/c25-17-6-4-5-16(13-17)11-12-26-23(30)20-14-28(19-7-2-1-3-8-19)15-21(22(20)29)24(31)27-18-9-10-18/h4-6,13-15,18-19H,1-3,7-12H2,(H,26,30)(H,27,31). The summed E-state index contributed by atoms with van der Waals surface area (Å²) >= 11 is 6.01. The number of nitrogens with zero attached hydrogens (tertiary/aromatic N) is 1. The van der Waals surface area contributed by atoms with E-state index in [9.17, 15) is 14.4 Å². The Morgan fingerprint density at radius 1 is 1.00 bits per heavy atom. The van der Waals surface area contributed by atoms with Gasteiger partial charge in [-0.15, -0.1) is 0 Å². The molecule has 6 nitrogen and oxygen atoms in total. The molecule has 0 unspecified atom stereocenters. The van der Waals surface area contributed by atoms with Crippen LogP contribution in [0.3, 0.4) is 0 Å². The number of hydrogen-bond acceptors (Lipinski definition) is 3. The fourth-order valence-corrected chi connectivity index (χ4v) is 4.32. The van der Waals surface area contributed by atoms with Crippen molar-refractivity contribution in [3.8, 4) is 0 Å². The maximum atomic E-state index is 13.0. The molecular weight excluding hydrogens is 414 g/mol. The first-order chi connectivity index (χ1) is 15.0. The minimum absolute atomic E-state index is 0.0279. The first kappa shape index (κ1) is 21.6. The van der Waals surface area contributed by atoms with Crippen LogP contribution in [-0.4, -0.2) is 29.0 Å². The number of nitrogens with one attached hydrogen (secondary N) is 2. The lowest BCUT2D eigenvalue weighted by Gasteiger charge is -2.25. The number of carbonyl (C=O) groups excluding carboxylic acids is 2. The van der Waals surface area contributed by atoms with E-state index in [4.69, 9.17) is 11.6 Å². The Hall–Kier alpha value is -2.60. The van der Waals surface area contributed by atoms with E-state index in [0.29, 0.717) is 18.0 Å². The second kappa shape index (κ2) is 9.69. The highest BCUT2D eigenvalue weighted by Gasteiger charge is 2.27. The summed E-state index contributed by atoms with van der Waals surface area (Å²) in [6, 6.07) is 7.81. The van der Waals surface area contributed by atoms with Gasteiger partial charge in [0.05, 0.1) is 0 Å². The Morgan fingerprint density at radius 2 is 1.71 bits per heavy atom. The van der Waals surface area contributed by atoms with Gasteiger partial charge in [0.2, 0.25) is 5.43 Å². The molecular formula is C24H28ClN3O3. The maximum absolute atomic E-state index is 13.0. The summed E-state index contributed by atoms with van der Waals surface area (Å²) in [4.78, 5) is 38.6. The molecule has 2 N–H and O–H groups in total. The number of rotatable bonds is 7. The SMILES string of the molecule is O=C(NCCc1cccc(Cl)c1)c1cn(C2CCCCC2)cc(C(=O)NC2CC2)c1=O. The van der Waals surface area contributed by atoms with E-state index in [1.54, 1.807) is 18.5 Å². The van der Waals surface area contributed by atoms with Gasteiger partial charge in [-0.05, 0) is 49.8 Å². The third kappa shape index (κ3) is 5.56. The second-order valence-corrected chi connectivity index (χ2v) is 8.97. The van der Waals surface area contributed by atoms with Gasteiger partial charge in [-0.3, -0.25) is 14.4 Å². The molecule has 4 rings (SSSR count). The number of amides is 2. The molecule has 1 aromatic heterocycles. The third-order valence-electron chi connectivity index (χ3n) is 6.03. The predicted molar refractivity (Wildman–Crippen MR) is 121 cm³/mol. The molecule has 2 saturated carbocycles. The number of aromatic nitrogens is 1. The first-order valence-electron chi connectivity index (χ1n) is 11.1. The number of carbonyl (C=O) groups is 2. The topological polar surface area (TPSA) is 80.2 Å². The number of hydrogen-bond donors (Lipinski definition) is 2. The summed E-state index contributed by atoms with van der Waals surface area (Å²) in [6.45, 7) is 0.376. The molecule has 0 aliphatic heterocycles. The van der Waals surface area contributed by atoms with Crippen molar-refractivity contribution in [2.75, 3.05) is 6.54 Å². The molecule has 7 heteroatoms. The van der Waals surface area contributed by atoms with Crippen LogP contribution in [0.1, 0.15) is 77.3 Å². The van der Waals surface area contributed by atoms with Gasteiger partial charge >= 0.3 is 0 Å². The first-order valence-corrected chi connectivity index (χ1v) is 11.5. The molecule has 1 heterocycles. The van der Waals surface area contributed by atoms with E-state index in [2.05, 4.69) is 10.6 Å². The van der Waals surface area contributed by atoms with E-state index in [1.165, 1.54) is 6.42 Å². The Morgan fingerprint density at radius 3 is 2.39 bits per heavy atom.